The van der Waals surface area contributed by atoms with Gasteiger partial charge in [0.2, 0.25) is 0 Å². The van der Waals surface area contributed by atoms with Crippen LogP contribution in [0, 0.1) is 0 Å². The van der Waals surface area contributed by atoms with Crippen molar-refractivity contribution in [3.63, 3.8) is 0 Å². The molecular weight excluding hydrogens is 374 g/mol. The van der Waals surface area contributed by atoms with Gasteiger partial charge in [-0.1, -0.05) is 72.4 Å². The number of anilines is 1. The summed E-state index contributed by atoms with van der Waals surface area (Å²) in [4.78, 5) is 4.33. The standard InChI is InChI=1S/C20H19N5S2/c21-19-22-17(13-26-19)14-27-20-24-23-18(11-15-7-3-1-4-8-15)25(20)12-16-9-5-2-6-10-16/h1-10,13H,11-12,14H2,(H2,21,22). The molecule has 4 rings (SSSR count). The predicted octanol–water partition coefficient (Wildman–Crippen LogP) is 4.25. The van der Waals surface area contributed by atoms with E-state index >= 15 is 0 Å². The lowest BCUT2D eigenvalue weighted by atomic mass is 10.1. The van der Waals surface area contributed by atoms with Crippen molar-refractivity contribution in [3.8, 4) is 0 Å². The second kappa shape index (κ2) is 8.37. The molecule has 7 heteroatoms. The maximum Gasteiger partial charge on any atom is 0.191 e. The summed E-state index contributed by atoms with van der Waals surface area (Å²) < 4.78 is 2.20. The molecule has 0 atom stereocenters. The Morgan fingerprint density at radius 3 is 2.30 bits per heavy atom. The fourth-order valence-electron chi connectivity index (χ4n) is 2.79. The molecule has 2 heterocycles. The average molecular weight is 394 g/mol. The lowest BCUT2D eigenvalue weighted by molar-refractivity contribution is 0.676. The number of nitrogens with two attached hydrogens (primary N) is 1. The van der Waals surface area contributed by atoms with Gasteiger partial charge in [-0.2, -0.15) is 0 Å². The predicted molar refractivity (Wildman–Crippen MR) is 111 cm³/mol. The van der Waals surface area contributed by atoms with E-state index in [-0.39, 0.29) is 0 Å². The highest BCUT2D eigenvalue weighted by molar-refractivity contribution is 7.98. The molecule has 0 aliphatic heterocycles. The van der Waals surface area contributed by atoms with E-state index in [4.69, 9.17) is 5.73 Å². The van der Waals surface area contributed by atoms with Crippen LogP contribution in [0.1, 0.15) is 22.6 Å². The van der Waals surface area contributed by atoms with Gasteiger partial charge in [-0.05, 0) is 11.1 Å². The quantitative estimate of drug-likeness (QED) is 0.475. The Labute approximate surface area is 166 Å². The largest absolute Gasteiger partial charge is 0.375 e. The van der Waals surface area contributed by atoms with Gasteiger partial charge in [-0.25, -0.2) is 4.98 Å². The molecule has 0 amide bonds. The highest BCUT2D eigenvalue weighted by atomic mass is 32.2. The van der Waals surface area contributed by atoms with Gasteiger partial charge < -0.3 is 10.3 Å². The van der Waals surface area contributed by atoms with Crippen molar-refractivity contribution in [2.24, 2.45) is 0 Å². The van der Waals surface area contributed by atoms with E-state index in [1.807, 2.05) is 17.5 Å². The van der Waals surface area contributed by atoms with E-state index < -0.39 is 0 Å². The minimum Gasteiger partial charge on any atom is -0.375 e. The van der Waals surface area contributed by atoms with E-state index in [9.17, 15) is 0 Å². The van der Waals surface area contributed by atoms with Gasteiger partial charge >= 0.3 is 0 Å². The van der Waals surface area contributed by atoms with E-state index in [2.05, 4.69) is 68.3 Å². The molecule has 0 saturated heterocycles. The van der Waals surface area contributed by atoms with E-state index in [0.29, 0.717) is 5.13 Å². The second-order valence-electron chi connectivity index (χ2n) is 6.10. The Kier molecular flexibility index (Phi) is 5.50. The molecule has 0 aliphatic rings. The molecule has 0 unspecified atom stereocenters. The van der Waals surface area contributed by atoms with Crippen molar-refractivity contribution < 1.29 is 0 Å². The second-order valence-corrected chi connectivity index (χ2v) is 7.93. The van der Waals surface area contributed by atoms with Gasteiger partial charge in [-0.15, -0.1) is 21.5 Å². The number of hydrogen-bond donors (Lipinski definition) is 1. The van der Waals surface area contributed by atoms with Gasteiger partial charge in [-0.3, -0.25) is 0 Å². The van der Waals surface area contributed by atoms with E-state index in [1.54, 1.807) is 11.8 Å². The molecule has 0 bridgehead atoms. The Morgan fingerprint density at radius 2 is 1.63 bits per heavy atom. The minimum atomic E-state index is 0.598. The first-order valence-electron chi connectivity index (χ1n) is 8.60. The number of benzene rings is 2. The van der Waals surface area contributed by atoms with Crippen LogP contribution in [0.4, 0.5) is 5.13 Å². The van der Waals surface area contributed by atoms with Crippen LogP contribution in [0.15, 0.2) is 71.2 Å². The Hall–Kier alpha value is -2.64. The Morgan fingerprint density at radius 1 is 0.926 bits per heavy atom. The third-order valence-corrected chi connectivity index (χ3v) is 5.82. The molecule has 2 N–H and O–H groups in total. The van der Waals surface area contributed by atoms with Gasteiger partial charge in [0.1, 0.15) is 5.82 Å². The molecule has 0 fully saturated rings. The van der Waals surface area contributed by atoms with Crippen LogP contribution in [-0.4, -0.2) is 19.7 Å². The summed E-state index contributed by atoms with van der Waals surface area (Å²) in [5.74, 6) is 1.69. The molecule has 2 aromatic carbocycles. The van der Waals surface area contributed by atoms with Crippen molar-refractivity contribution in [3.05, 3.63) is 88.7 Å². The molecule has 4 aromatic rings. The van der Waals surface area contributed by atoms with Crippen molar-refractivity contribution in [1.82, 2.24) is 19.7 Å². The van der Waals surface area contributed by atoms with Gasteiger partial charge in [0.05, 0.1) is 12.2 Å². The van der Waals surface area contributed by atoms with Crippen LogP contribution < -0.4 is 5.73 Å². The third-order valence-electron chi connectivity index (χ3n) is 4.10. The summed E-state index contributed by atoms with van der Waals surface area (Å²) in [5, 5.41) is 12.4. The van der Waals surface area contributed by atoms with Crippen LogP contribution in [0.2, 0.25) is 0 Å². The number of nitrogens with zero attached hydrogens (tertiary/aromatic N) is 4. The summed E-state index contributed by atoms with van der Waals surface area (Å²) in [6.07, 6.45) is 0.755. The highest BCUT2D eigenvalue weighted by Gasteiger charge is 2.14. The fraction of sp³-hybridized carbons (Fsp3) is 0.150. The van der Waals surface area contributed by atoms with Crippen LogP contribution >= 0.6 is 23.1 Å². The number of thioether (sulfide) groups is 1. The van der Waals surface area contributed by atoms with E-state index in [0.717, 1.165) is 35.4 Å². The fourth-order valence-corrected chi connectivity index (χ4v) is 4.30. The molecule has 0 radical (unpaired) electrons. The zero-order chi connectivity index (χ0) is 18.5. The average Bonchev–Trinajstić information content (AvgIpc) is 3.28. The summed E-state index contributed by atoms with van der Waals surface area (Å²) in [5.41, 5.74) is 9.16. The monoisotopic (exact) mass is 393 g/mol. The lowest BCUT2D eigenvalue weighted by Gasteiger charge is -2.10. The molecule has 0 spiro atoms. The smallest absolute Gasteiger partial charge is 0.191 e. The molecule has 0 aliphatic carbocycles. The third kappa shape index (κ3) is 4.56. The maximum atomic E-state index is 5.73. The van der Waals surface area contributed by atoms with Gasteiger partial charge in [0.15, 0.2) is 10.3 Å². The minimum absolute atomic E-state index is 0.598. The topological polar surface area (TPSA) is 69.6 Å². The van der Waals surface area contributed by atoms with Crippen molar-refractivity contribution in [1.29, 1.82) is 0 Å². The first kappa shape index (κ1) is 17.8. The maximum absolute atomic E-state index is 5.73. The summed E-state index contributed by atoms with van der Waals surface area (Å²) in [6.45, 7) is 0.748. The zero-order valence-corrected chi connectivity index (χ0v) is 16.3. The number of rotatable bonds is 7. The molecule has 5 nitrogen and oxygen atoms in total. The lowest BCUT2D eigenvalue weighted by Crippen LogP contribution is -2.07. The molecule has 136 valence electrons. The van der Waals surface area contributed by atoms with Crippen LogP contribution in [0.5, 0.6) is 0 Å². The first-order valence-corrected chi connectivity index (χ1v) is 10.5. The molecule has 2 aromatic heterocycles. The first-order chi connectivity index (χ1) is 13.3. The van der Waals surface area contributed by atoms with Crippen LogP contribution in [0.25, 0.3) is 0 Å². The number of thiazole rings is 1. The van der Waals surface area contributed by atoms with Gasteiger partial charge in [0.25, 0.3) is 0 Å². The van der Waals surface area contributed by atoms with Gasteiger partial charge in [0, 0.05) is 17.6 Å². The number of nitrogen functional groups attached to an aromatic ring is 1. The summed E-state index contributed by atoms with van der Waals surface area (Å²) in [6, 6.07) is 20.8. The molecule has 0 saturated carbocycles. The zero-order valence-electron chi connectivity index (χ0n) is 14.7. The van der Waals surface area contributed by atoms with Crippen molar-refractivity contribution >= 4 is 28.2 Å². The SMILES string of the molecule is Nc1nc(CSc2nnc(Cc3ccccc3)n2Cc2ccccc2)cs1. The van der Waals surface area contributed by atoms with Crippen LogP contribution in [0.3, 0.4) is 0 Å². The Balaban J connectivity index is 1.59. The number of hydrogen-bond acceptors (Lipinski definition) is 6. The van der Waals surface area contributed by atoms with Crippen molar-refractivity contribution in [2.75, 3.05) is 5.73 Å². The highest BCUT2D eigenvalue weighted by Crippen LogP contribution is 2.25. The van der Waals surface area contributed by atoms with Crippen LogP contribution in [-0.2, 0) is 18.7 Å². The normalized spacial score (nSPS) is 11.0. The number of aromatic nitrogens is 4. The van der Waals surface area contributed by atoms with Crippen molar-refractivity contribution in [2.45, 2.75) is 23.9 Å². The van der Waals surface area contributed by atoms with E-state index in [1.165, 1.54) is 22.5 Å². The Bertz CT molecular complexity index is 996. The molecular formula is C20H19N5S2. The molecule has 27 heavy (non-hydrogen) atoms. The summed E-state index contributed by atoms with van der Waals surface area (Å²) >= 11 is 3.11. The summed E-state index contributed by atoms with van der Waals surface area (Å²) in [7, 11) is 0.